The van der Waals surface area contributed by atoms with Crippen molar-refractivity contribution in [2.75, 3.05) is 10.7 Å². The third-order valence-corrected chi connectivity index (χ3v) is 5.34. The molecule has 0 aliphatic heterocycles. The highest BCUT2D eigenvalue weighted by molar-refractivity contribution is 7.20. The van der Waals surface area contributed by atoms with Crippen LogP contribution in [0.1, 0.15) is 15.9 Å². The molecule has 4 rings (SSSR count). The summed E-state index contributed by atoms with van der Waals surface area (Å²) in [7, 11) is 0. The number of hydrogen-bond acceptors (Lipinski definition) is 7. The van der Waals surface area contributed by atoms with Gasteiger partial charge in [-0.15, -0.1) is 0 Å². The number of carbonyl (C=O) groups is 1. The summed E-state index contributed by atoms with van der Waals surface area (Å²) in [5, 5.41) is 18.7. The van der Waals surface area contributed by atoms with Crippen LogP contribution >= 0.6 is 11.3 Å². The molecule has 0 bridgehead atoms. The molecule has 0 saturated carbocycles. The van der Waals surface area contributed by atoms with Crippen LogP contribution in [0.25, 0.3) is 11.3 Å². The molecule has 0 atom stereocenters. The van der Waals surface area contributed by atoms with E-state index in [1.807, 2.05) is 6.07 Å². The molecule has 0 spiro atoms. The lowest BCUT2D eigenvalue weighted by Gasteiger charge is -2.05. The molecule has 0 radical (unpaired) electrons. The van der Waals surface area contributed by atoms with Crippen LogP contribution in [0.15, 0.2) is 84.0 Å². The van der Waals surface area contributed by atoms with E-state index in [0.29, 0.717) is 32.5 Å². The molecule has 33 heavy (non-hydrogen) atoms. The minimum Gasteiger partial charge on any atom is -0.312 e. The van der Waals surface area contributed by atoms with Gasteiger partial charge in [0.25, 0.3) is 11.6 Å². The summed E-state index contributed by atoms with van der Waals surface area (Å²) < 4.78 is 13.4. The molecule has 1 amide bonds. The number of benzene rings is 3. The van der Waals surface area contributed by atoms with E-state index in [4.69, 9.17) is 0 Å². The highest BCUT2D eigenvalue weighted by Gasteiger charge is 2.16. The van der Waals surface area contributed by atoms with Crippen LogP contribution in [-0.2, 0) is 0 Å². The zero-order chi connectivity index (χ0) is 23.2. The van der Waals surface area contributed by atoms with Crippen molar-refractivity contribution in [1.82, 2.24) is 4.98 Å². The highest BCUT2D eigenvalue weighted by Crippen LogP contribution is 2.36. The van der Waals surface area contributed by atoms with Gasteiger partial charge in [0, 0.05) is 28.8 Å². The summed E-state index contributed by atoms with van der Waals surface area (Å²) in [6, 6.07) is 20.5. The van der Waals surface area contributed by atoms with Gasteiger partial charge in [-0.3, -0.25) is 20.3 Å². The van der Waals surface area contributed by atoms with E-state index in [1.165, 1.54) is 30.5 Å². The molecule has 0 fully saturated rings. The van der Waals surface area contributed by atoms with Gasteiger partial charge >= 0.3 is 0 Å². The summed E-state index contributed by atoms with van der Waals surface area (Å²) in [5.41, 5.74) is 4.82. The number of non-ortho nitro benzene ring substituents is 1. The largest absolute Gasteiger partial charge is 0.312 e. The van der Waals surface area contributed by atoms with Crippen LogP contribution in [0.3, 0.4) is 0 Å². The zero-order valence-corrected chi connectivity index (χ0v) is 17.8. The number of hydrazone groups is 1. The van der Waals surface area contributed by atoms with Crippen LogP contribution in [0, 0.1) is 15.9 Å². The summed E-state index contributed by atoms with van der Waals surface area (Å²) in [4.78, 5) is 27.6. The maximum Gasteiger partial charge on any atom is 0.270 e. The predicted octanol–water partition coefficient (Wildman–Crippen LogP) is 5.56. The van der Waals surface area contributed by atoms with Gasteiger partial charge in [0.05, 0.1) is 11.1 Å². The molecule has 2 N–H and O–H groups in total. The molecule has 0 aliphatic carbocycles. The molecule has 1 heterocycles. The van der Waals surface area contributed by atoms with Crippen LogP contribution in [0.5, 0.6) is 0 Å². The molecule has 1 aromatic heterocycles. The van der Waals surface area contributed by atoms with Crippen molar-refractivity contribution >= 4 is 39.3 Å². The van der Waals surface area contributed by atoms with Crippen molar-refractivity contribution in [3.05, 3.63) is 106 Å². The lowest BCUT2D eigenvalue weighted by Crippen LogP contribution is -2.11. The first-order valence-electron chi connectivity index (χ1n) is 9.66. The highest BCUT2D eigenvalue weighted by atomic mass is 32.1. The SMILES string of the molecule is O=C(Nc1sc(N/N=C/c2cccc([N+](=O)[O-])c2)nc1-c1ccc(F)cc1)c1ccccc1. The average Bonchev–Trinajstić information content (AvgIpc) is 3.22. The van der Waals surface area contributed by atoms with E-state index < -0.39 is 4.92 Å². The second-order valence-corrected chi connectivity index (χ2v) is 7.74. The summed E-state index contributed by atoms with van der Waals surface area (Å²) in [5.74, 6) is -0.696. The Balaban J connectivity index is 1.59. The standard InChI is InChI=1S/C23H16FN5O3S/c24-18-11-9-16(10-12-18)20-22(27-21(30)17-6-2-1-3-7-17)33-23(26-20)28-25-14-15-5-4-8-19(13-15)29(31)32/h1-14H,(H,26,28)(H,27,30)/b25-14+. The van der Waals surface area contributed by atoms with Gasteiger partial charge in [-0.05, 0) is 36.4 Å². The molecular weight excluding hydrogens is 445 g/mol. The van der Waals surface area contributed by atoms with Gasteiger partial charge in [0.1, 0.15) is 16.5 Å². The summed E-state index contributed by atoms with van der Waals surface area (Å²) in [6.07, 6.45) is 1.42. The maximum absolute atomic E-state index is 13.4. The fourth-order valence-electron chi connectivity index (χ4n) is 2.90. The summed E-state index contributed by atoms with van der Waals surface area (Å²) >= 11 is 1.15. The number of amides is 1. The van der Waals surface area contributed by atoms with Crippen molar-refractivity contribution in [3.63, 3.8) is 0 Å². The van der Waals surface area contributed by atoms with Crippen molar-refractivity contribution in [2.24, 2.45) is 5.10 Å². The monoisotopic (exact) mass is 461 g/mol. The fraction of sp³-hybridized carbons (Fsp3) is 0. The van der Waals surface area contributed by atoms with Gasteiger partial charge in [0.15, 0.2) is 0 Å². The molecule has 8 nitrogen and oxygen atoms in total. The van der Waals surface area contributed by atoms with Crippen molar-refractivity contribution in [1.29, 1.82) is 0 Å². The van der Waals surface area contributed by atoms with E-state index in [9.17, 15) is 19.3 Å². The number of hydrogen-bond donors (Lipinski definition) is 2. The van der Waals surface area contributed by atoms with Crippen molar-refractivity contribution < 1.29 is 14.1 Å². The number of nitrogens with zero attached hydrogens (tertiary/aromatic N) is 3. The molecule has 0 saturated heterocycles. The van der Waals surface area contributed by atoms with Crippen LogP contribution in [0.2, 0.25) is 0 Å². The normalized spacial score (nSPS) is 10.8. The fourth-order valence-corrected chi connectivity index (χ4v) is 3.73. The molecule has 164 valence electrons. The van der Waals surface area contributed by atoms with Gasteiger partial charge in [0.2, 0.25) is 5.13 Å². The number of carbonyl (C=O) groups excluding carboxylic acids is 1. The molecule has 10 heteroatoms. The van der Waals surface area contributed by atoms with Crippen LogP contribution < -0.4 is 10.7 Å². The molecule has 3 aromatic carbocycles. The van der Waals surface area contributed by atoms with E-state index in [2.05, 4.69) is 20.8 Å². The zero-order valence-electron chi connectivity index (χ0n) is 16.9. The third kappa shape index (κ3) is 5.43. The Bertz CT molecular complexity index is 1320. The van der Waals surface area contributed by atoms with Gasteiger partial charge < -0.3 is 5.32 Å². The van der Waals surface area contributed by atoms with E-state index in [0.717, 1.165) is 11.3 Å². The Morgan fingerprint density at radius 2 is 1.82 bits per heavy atom. The Labute approximate surface area is 191 Å². The third-order valence-electron chi connectivity index (χ3n) is 4.46. The first-order chi connectivity index (χ1) is 16.0. The molecule has 0 aliphatic rings. The Morgan fingerprint density at radius 1 is 1.06 bits per heavy atom. The number of anilines is 2. The number of halogens is 1. The smallest absolute Gasteiger partial charge is 0.270 e. The van der Waals surface area contributed by atoms with Crippen molar-refractivity contribution in [2.45, 2.75) is 0 Å². The molecular formula is C23H16FN5O3S. The van der Waals surface area contributed by atoms with Crippen LogP contribution in [0.4, 0.5) is 20.2 Å². The second kappa shape index (κ2) is 9.79. The number of nitro groups is 1. The topological polar surface area (TPSA) is 110 Å². The average molecular weight is 461 g/mol. The number of thiazole rings is 1. The second-order valence-electron chi connectivity index (χ2n) is 6.75. The van der Waals surface area contributed by atoms with Gasteiger partial charge in [-0.25, -0.2) is 9.37 Å². The first kappa shape index (κ1) is 21.8. The lowest BCUT2D eigenvalue weighted by molar-refractivity contribution is -0.384. The maximum atomic E-state index is 13.4. The molecule has 0 unspecified atom stereocenters. The van der Waals surface area contributed by atoms with E-state index in [1.54, 1.807) is 48.5 Å². The van der Waals surface area contributed by atoms with Gasteiger partial charge in [-0.2, -0.15) is 5.10 Å². The van der Waals surface area contributed by atoms with E-state index in [-0.39, 0.29) is 17.4 Å². The number of nitrogens with one attached hydrogen (secondary N) is 2. The van der Waals surface area contributed by atoms with Crippen molar-refractivity contribution in [3.8, 4) is 11.3 Å². The summed E-state index contributed by atoms with van der Waals surface area (Å²) in [6.45, 7) is 0. The number of rotatable bonds is 7. The van der Waals surface area contributed by atoms with Crippen LogP contribution in [-0.4, -0.2) is 22.0 Å². The Morgan fingerprint density at radius 3 is 2.55 bits per heavy atom. The minimum absolute atomic E-state index is 0.0438. The number of nitro benzene ring substituents is 1. The van der Waals surface area contributed by atoms with Gasteiger partial charge in [-0.1, -0.05) is 41.7 Å². The quantitative estimate of drug-likeness (QED) is 0.213. The lowest BCUT2D eigenvalue weighted by atomic mass is 10.1. The van der Waals surface area contributed by atoms with E-state index >= 15 is 0 Å². The predicted molar refractivity (Wildman–Crippen MR) is 126 cm³/mol. The minimum atomic E-state index is -0.484. The Kier molecular flexibility index (Phi) is 6.46. The molecule has 4 aromatic rings. The Hall–Kier alpha value is -4.44. The first-order valence-corrected chi connectivity index (χ1v) is 10.5. The number of aromatic nitrogens is 1.